The fourth-order valence-electron chi connectivity index (χ4n) is 2.20. The van der Waals surface area contributed by atoms with Crippen LogP contribution in [0.5, 0.6) is 5.75 Å². The molecule has 3 nitrogen and oxygen atoms in total. The normalized spacial score (nSPS) is 11.0. The lowest BCUT2D eigenvalue weighted by molar-refractivity contribution is 0.00696. The van der Waals surface area contributed by atoms with Gasteiger partial charge in [0.2, 0.25) is 0 Å². The summed E-state index contributed by atoms with van der Waals surface area (Å²) in [6.45, 7) is 9.35. The molecule has 0 N–H and O–H groups in total. The maximum Gasteiger partial charge on any atom is 0.338 e. The van der Waals surface area contributed by atoms with Gasteiger partial charge in [-0.2, -0.15) is 0 Å². The average Bonchev–Trinajstić information content (AvgIpc) is 2.52. The fourth-order valence-corrected chi connectivity index (χ4v) is 2.20. The van der Waals surface area contributed by atoms with E-state index in [4.69, 9.17) is 9.47 Å². The summed E-state index contributed by atoms with van der Waals surface area (Å²) in [4.78, 5) is 12.1. The highest BCUT2D eigenvalue weighted by molar-refractivity contribution is 5.90. The van der Waals surface area contributed by atoms with E-state index < -0.39 is 5.60 Å². The van der Waals surface area contributed by atoms with Crippen LogP contribution in [0.25, 0.3) is 17.2 Å². The van der Waals surface area contributed by atoms with Gasteiger partial charge >= 0.3 is 5.97 Å². The number of carbonyl (C=O) groups excluding carboxylic acids is 1. The predicted molar refractivity (Wildman–Crippen MR) is 93.7 cm³/mol. The molecule has 120 valence electrons. The van der Waals surface area contributed by atoms with Crippen molar-refractivity contribution in [1.82, 2.24) is 0 Å². The lowest BCUT2D eigenvalue weighted by Gasteiger charge is -2.19. The standard InChI is InChI=1S/C20H22O3/c1-6-14-7-12-18(22-5)17(13-14)15-8-10-16(11-9-15)19(21)23-20(2,3)4/h6-13H,1H2,2-5H3. The molecule has 0 aliphatic heterocycles. The third kappa shape index (κ3) is 4.22. The Bertz CT molecular complexity index is 707. The first-order valence-corrected chi connectivity index (χ1v) is 7.48. The molecule has 0 spiro atoms. The van der Waals surface area contributed by atoms with Gasteiger partial charge in [-0.25, -0.2) is 4.79 Å². The number of carbonyl (C=O) groups is 1. The minimum Gasteiger partial charge on any atom is -0.496 e. The third-order valence-corrected chi connectivity index (χ3v) is 3.29. The molecule has 0 bridgehead atoms. The van der Waals surface area contributed by atoms with E-state index in [1.807, 2.05) is 51.1 Å². The average molecular weight is 310 g/mol. The number of benzene rings is 2. The maximum atomic E-state index is 12.1. The smallest absolute Gasteiger partial charge is 0.338 e. The van der Waals surface area contributed by atoms with E-state index in [1.165, 1.54) is 0 Å². The van der Waals surface area contributed by atoms with Crippen LogP contribution < -0.4 is 4.74 Å². The second-order valence-corrected chi connectivity index (χ2v) is 6.24. The number of ether oxygens (including phenoxy) is 2. The van der Waals surface area contributed by atoms with Crippen LogP contribution in [0.3, 0.4) is 0 Å². The SMILES string of the molecule is C=Cc1ccc(OC)c(-c2ccc(C(=O)OC(C)(C)C)cc2)c1. The van der Waals surface area contributed by atoms with Crippen molar-refractivity contribution in [2.45, 2.75) is 26.4 Å². The van der Waals surface area contributed by atoms with Crippen LogP contribution >= 0.6 is 0 Å². The van der Waals surface area contributed by atoms with Crippen molar-refractivity contribution in [1.29, 1.82) is 0 Å². The topological polar surface area (TPSA) is 35.5 Å². The van der Waals surface area contributed by atoms with Gasteiger partial charge in [0.05, 0.1) is 12.7 Å². The molecule has 23 heavy (non-hydrogen) atoms. The Kier molecular flexibility index (Phi) is 4.89. The minimum atomic E-state index is -0.503. The van der Waals surface area contributed by atoms with Gasteiger partial charge in [0.15, 0.2) is 0 Å². The van der Waals surface area contributed by atoms with Crippen LogP contribution in [0.4, 0.5) is 0 Å². The first kappa shape index (κ1) is 16.8. The van der Waals surface area contributed by atoms with Crippen LogP contribution in [0.1, 0.15) is 36.7 Å². The summed E-state index contributed by atoms with van der Waals surface area (Å²) in [5.74, 6) is 0.455. The molecule has 0 unspecified atom stereocenters. The molecule has 2 rings (SSSR count). The van der Waals surface area contributed by atoms with Gasteiger partial charge < -0.3 is 9.47 Å². The van der Waals surface area contributed by atoms with Crippen molar-refractivity contribution in [2.24, 2.45) is 0 Å². The van der Waals surface area contributed by atoms with Gasteiger partial charge in [0, 0.05) is 5.56 Å². The molecular weight excluding hydrogens is 288 g/mol. The number of hydrogen-bond acceptors (Lipinski definition) is 3. The first-order chi connectivity index (χ1) is 10.8. The fraction of sp³-hybridized carbons (Fsp3) is 0.250. The predicted octanol–water partition coefficient (Wildman–Crippen LogP) is 4.96. The molecule has 0 aromatic heterocycles. The molecule has 0 heterocycles. The van der Waals surface area contributed by atoms with Gasteiger partial charge in [-0.05, 0) is 56.2 Å². The summed E-state index contributed by atoms with van der Waals surface area (Å²) in [6.07, 6.45) is 1.79. The summed E-state index contributed by atoms with van der Waals surface area (Å²) >= 11 is 0. The first-order valence-electron chi connectivity index (χ1n) is 7.48. The van der Waals surface area contributed by atoms with Crippen LogP contribution in [0.2, 0.25) is 0 Å². The molecule has 2 aromatic carbocycles. The second kappa shape index (κ2) is 6.69. The molecule has 0 aliphatic rings. The van der Waals surface area contributed by atoms with Crippen molar-refractivity contribution in [3.63, 3.8) is 0 Å². The van der Waals surface area contributed by atoms with Crippen LogP contribution in [0, 0.1) is 0 Å². The number of methoxy groups -OCH3 is 1. The van der Waals surface area contributed by atoms with Crippen molar-refractivity contribution in [3.05, 3.63) is 60.2 Å². The Morgan fingerprint density at radius 1 is 1.09 bits per heavy atom. The lowest BCUT2D eigenvalue weighted by atomic mass is 10.0. The van der Waals surface area contributed by atoms with E-state index in [2.05, 4.69) is 6.58 Å². The molecule has 0 saturated carbocycles. The highest BCUT2D eigenvalue weighted by atomic mass is 16.6. The monoisotopic (exact) mass is 310 g/mol. The Morgan fingerprint density at radius 2 is 1.74 bits per heavy atom. The van der Waals surface area contributed by atoms with Crippen molar-refractivity contribution >= 4 is 12.0 Å². The molecule has 0 saturated heterocycles. The summed E-state index contributed by atoms with van der Waals surface area (Å²) in [7, 11) is 1.64. The number of esters is 1. The zero-order valence-corrected chi connectivity index (χ0v) is 14.1. The van der Waals surface area contributed by atoms with Gasteiger partial charge in [0.25, 0.3) is 0 Å². The minimum absolute atomic E-state index is 0.323. The summed E-state index contributed by atoms with van der Waals surface area (Å²) < 4.78 is 10.8. The molecule has 0 fully saturated rings. The van der Waals surface area contributed by atoms with E-state index in [-0.39, 0.29) is 5.97 Å². The number of hydrogen-bond donors (Lipinski definition) is 0. The van der Waals surface area contributed by atoms with E-state index >= 15 is 0 Å². The van der Waals surface area contributed by atoms with Crippen molar-refractivity contribution < 1.29 is 14.3 Å². The Morgan fingerprint density at radius 3 is 2.26 bits per heavy atom. The molecule has 0 radical (unpaired) electrons. The summed E-state index contributed by atoms with van der Waals surface area (Å²) in [6, 6.07) is 13.2. The second-order valence-electron chi connectivity index (χ2n) is 6.24. The molecule has 2 aromatic rings. The van der Waals surface area contributed by atoms with Gasteiger partial charge in [-0.1, -0.05) is 30.9 Å². The third-order valence-electron chi connectivity index (χ3n) is 3.29. The number of rotatable bonds is 4. The Labute approximate surface area is 137 Å². The van der Waals surface area contributed by atoms with E-state index in [1.54, 1.807) is 25.3 Å². The van der Waals surface area contributed by atoms with Gasteiger partial charge in [-0.15, -0.1) is 0 Å². The Balaban J connectivity index is 2.33. The lowest BCUT2D eigenvalue weighted by Crippen LogP contribution is -2.23. The Hall–Kier alpha value is -2.55. The van der Waals surface area contributed by atoms with Crippen molar-refractivity contribution in [2.75, 3.05) is 7.11 Å². The molecule has 3 heteroatoms. The summed E-state index contributed by atoms with van der Waals surface area (Å²) in [5.41, 5.74) is 2.97. The quantitative estimate of drug-likeness (QED) is 0.749. The largest absolute Gasteiger partial charge is 0.496 e. The van der Waals surface area contributed by atoms with E-state index in [9.17, 15) is 4.79 Å². The molecule has 0 aliphatic carbocycles. The van der Waals surface area contributed by atoms with Crippen LogP contribution in [-0.4, -0.2) is 18.7 Å². The summed E-state index contributed by atoms with van der Waals surface area (Å²) in [5, 5.41) is 0. The van der Waals surface area contributed by atoms with Crippen LogP contribution in [-0.2, 0) is 4.74 Å². The zero-order chi connectivity index (χ0) is 17.0. The highest BCUT2D eigenvalue weighted by Gasteiger charge is 2.18. The zero-order valence-electron chi connectivity index (χ0n) is 14.1. The van der Waals surface area contributed by atoms with Gasteiger partial charge in [0.1, 0.15) is 11.4 Å². The van der Waals surface area contributed by atoms with Gasteiger partial charge in [-0.3, -0.25) is 0 Å². The van der Waals surface area contributed by atoms with Crippen LogP contribution in [0.15, 0.2) is 49.0 Å². The van der Waals surface area contributed by atoms with E-state index in [0.717, 1.165) is 22.4 Å². The van der Waals surface area contributed by atoms with E-state index in [0.29, 0.717) is 5.56 Å². The van der Waals surface area contributed by atoms with Crippen molar-refractivity contribution in [3.8, 4) is 16.9 Å². The highest BCUT2D eigenvalue weighted by Crippen LogP contribution is 2.31. The molecular formula is C20H22O3. The molecule has 0 amide bonds. The maximum absolute atomic E-state index is 12.1. The molecule has 0 atom stereocenters.